The first-order chi connectivity index (χ1) is 24.1. The van der Waals surface area contributed by atoms with Crippen LogP contribution in [0.4, 0.5) is 0 Å². The Kier molecular flexibility index (Phi) is 39.0. The molecule has 0 saturated carbocycles. The van der Waals surface area contributed by atoms with Crippen molar-refractivity contribution < 1.29 is 77.0 Å². The average Bonchev–Trinajstić information content (AvgIpc) is 3.09. The van der Waals surface area contributed by atoms with Gasteiger partial charge in [0.25, 0.3) is 0 Å². The number of carboxylic acid groups (broad SMARTS) is 1. The van der Waals surface area contributed by atoms with Gasteiger partial charge in [-0.2, -0.15) is 0 Å². The van der Waals surface area contributed by atoms with Crippen LogP contribution in [0, 0.1) is 0 Å². The van der Waals surface area contributed by atoms with Crippen LogP contribution in [0.1, 0.15) is 194 Å². The van der Waals surface area contributed by atoms with Crippen LogP contribution in [-0.4, -0.2) is 54.8 Å². The molecular formula is C38H73NNaO10P. The number of ether oxygens (including phenoxy) is 2. The Balaban J connectivity index is 0. The minimum absolute atomic E-state index is 0. The molecule has 11 nitrogen and oxygen atoms in total. The first kappa shape index (κ1) is 52.6. The number of nitrogens with two attached hydrogens (primary N) is 1. The van der Waals surface area contributed by atoms with Crippen LogP contribution in [0.2, 0.25) is 0 Å². The maximum atomic E-state index is 12.6. The molecule has 0 spiro atoms. The molecule has 0 radical (unpaired) electrons. The van der Waals surface area contributed by atoms with Crippen LogP contribution < -0.4 is 40.4 Å². The Morgan fingerprint density at radius 3 is 1.27 bits per heavy atom. The number of hydrogen-bond donors (Lipinski definition) is 2. The quantitative estimate of drug-likeness (QED) is 0.0346. The molecule has 0 heterocycles. The largest absolute Gasteiger partial charge is 1.00 e. The van der Waals surface area contributed by atoms with Crippen LogP contribution in [0.25, 0.3) is 0 Å². The summed E-state index contributed by atoms with van der Waals surface area (Å²) in [6, 6.07) is -1.63. The van der Waals surface area contributed by atoms with Crippen LogP contribution >= 0.6 is 7.82 Å². The van der Waals surface area contributed by atoms with Gasteiger partial charge in [-0.1, -0.05) is 168 Å². The third-order valence-electron chi connectivity index (χ3n) is 8.84. The summed E-state index contributed by atoms with van der Waals surface area (Å²) < 4.78 is 32.5. The fraction of sp³-hybridized carbons (Fsp3) is 0.921. The number of hydrogen-bond acceptors (Lipinski definition) is 10. The zero-order valence-corrected chi connectivity index (χ0v) is 35.6. The predicted molar refractivity (Wildman–Crippen MR) is 196 cm³/mol. The van der Waals surface area contributed by atoms with Crippen molar-refractivity contribution in [3.05, 3.63) is 0 Å². The van der Waals surface area contributed by atoms with Gasteiger partial charge in [-0.25, -0.2) is 4.57 Å². The molecular weight excluding hydrogens is 684 g/mol. The Labute approximate surface area is 332 Å². The van der Waals surface area contributed by atoms with E-state index in [-0.39, 0.29) is 49.0 Å². The molecule has 0 aliphatic carbocycles. The second kappa shape index (κ2) is 37.8. The van der Waals surface area contributed by atoms with Crippen molar-refractivity contribution in [1.29, 1.82) is 0 Å². The molecule has 0 fully saturated rings. The van der Waals surface area contributed by atoms with E-state index < -0.39 is 51.1 Å². The summed E-state index contributed by atoms with van der Waals surface area (Å²) in [7, 11) is -4.73. The normalized spacial score (nSPS) is 13.6. The van der Waals surface area contributed by atoms with Crippen LogP contribution in [0.5, 0.6) is 0 Å². The number of esters is 2. The predicted octanol–water partition coefficient (Wildman–Crippen LogP) is 5.62. The van der Waals surface area contributed by atoms with Gasteiger partial charge in [-0.3, -0.25) is 18.6 Å². The molecule has 51 heavy (non-hydrogen) atoms. The maximum Gasteiger partial charge on any atom is 1.00 e. The third kappa shape index (κ3) is 37.6. The van der Waals surface area contributed by atoms with E-state index in [1.54, 1.807) is 0 Å². The van der Waals surface area contributed by atoms with E-state index in [0.29, 0.717) is 12.8 Å². The fourth-order valence-corrected chi connectivity index (χ4v) is 6.43. The molecule has 3 atom stereocenters. The summed E-state index contributed by atoms with van der Waals surface area (Å²) in [6.07, 6.45) is 30.1. The van der Waals surface area contributed by atoms with Gasteiger partial charge in [-0.05, 0) is 12.8 Å². The molecule has 0 rings (SSSR count). The van der Waals surface area contributed by atoms with Gasteiger partial charge in [0.2, 0.25) is 0 Å². The third-order valence-corrected chi connectivity index (χ3v) is 9.79. The van der Waals surface area contributed by atoms with E-state index in [2.05, 4.69) is 18.4 Å². The summed E-state index contributed by atoms with van der Waals surface area (Å²) in [6.45, 7) is 2.71. The van der Waals surface area contributed by atoms with Gasteiger partial charge < -0.3 is 30.0 Å². The molecule has 3 N–H and O–H groups in total. The number of carbonyl (C=O) groups is 3. The van der Waals surface area contributed by atoms with Crippen molar-refractivity contribution in [3.8, 4) is 0 Å². The summed E-state index contributed by atoms with van der Waals surface area (Å²) in [5, 5.41) is 10.8. The van der Waals surface area contributed by atoms with E-state index in [1.807, 2.05) is 0 Å². The Morgan fingerprint density at radius 1 is 0.569 bits per heavy atom. The molecule has 3 unspecified atom stereocenters. The maximum absolute atomic E-state index is 12.6. The molecule has 0 aromatic heterocycles. The number of aliphatic carboxylic acids is 1. The van der Waals surface area contributed by atoms with Gasteiger partial charge in [0, 0.05) is 12.8 Å². The van der Waals surface area contributed by atoms with Crippen molar-refractivity contribution in [1.82, 2.24) is 0 Å². The molecule has 296 valence electrons. The first-order valence-electron chi connectivity index (χ1n) is 20.0. The van der Waals surface area contributed by atoms with Crippen LogP contribution in [0.3, 0.4) is 0 Å². The van der Waals surface area contributed by atoms with Gasteiger partial charge >= 0.3 is 49.3 Å². The van der Waals surface area contributed by atoms with Crippen molar-refractivity contribution in [2.24, 2.45) is 5.73 Å². The minimum atomic E-state index is -4.73. The van der Waals surface area contributed by atoms with Gasteiger partial charge in [0.1, 0.15) is 6.61 Å². The fourth-order valence-electron chi connectivity index (χ4n) is 5.65. The van der Waals surface area contributed by atoms with Crippen molar-refractivity contribution in [3.63, 3.8) is 0 Å². The number of rotatable bonds is 38. The standard InChI is InChI=1S/C38H74NO10P.Na/c1-3-5-7-9-11-13-15-17-19-21-23-25-27-29-36(40)46-31-34(32-47-50(44,45)48-33-35(39)38(42)43)49-37(41)30-28-26-24-22-20-18-16-14-12-10-8-6-4-2;/h34-35H,3-33,39H2,1-2H3,(H,42,43)(H,44,45);/q;+1/p-1. The minimum Gasteiger partial charge on any atom is -0.548 e. The Bertz CT molecular complexity index is 882. The van der Waals surface area contributed by atoms with E-state index >= 15 is 0 Å². The molecule has 0 aromatic carbocycles. The van der Waals surface area contributed by atoms with Crippen LogP contribution in [0.15, 0.2) is 0 Å². The Hall–Kier alpha value is -0.520. The smallest absolute Gasteiger partial charge is 0.548 e. The molecule has 13 heteroatoms. The van der Waals surface area contributed by atoms with Gasteiger partial charge in [0.05, 0.1) is 25.2 Å². The Morgan fingerprint density at radius 2 is 0.902 bits per heavy atom. The number of carboxylic acids is 1. The van der Waals surface area contributed by atoms with Crippen molar-refractivity contribution in [2.75, 3.05) is 19.8 Å². The second-order valence-corrected chi connectivity index (χ2v) is 15.2. The summed E-state index contributed by atoms with van der Waals surface area (Å²) in [5.41, 5.74) is 5.26. The van der Waals surface area contributed by atoms with Crippen molar-refractivity contribution in [2.45, 2.75) is 206 Å². The molecule has 0 aliphatic rings. The second-order valence-electron chi connectivity index (χ2n) is 13.8. The topological polar surface area (TPSA) is 175 Å². The molecule has 0 bridgehead atoms. The number of phosphoric ester groups is 1. The number of unbranched alkanes of at least 4 members (excludes halogenated alkanes) is 24. The van der Waals surface area contributed by atoms with Crippen molar-refractivity contribution >= 4 is 25.7 Å². The number of carbonyl (C=O) groups excluding carboxylic acids is 3. The SMILES string of the molecule is CCCCCCCCCCCCCCCC(=O)OCC(COP(=O)(O)OCC(N)C(=O)[O-])OC(=O)CCCCCCCCCCCCCCC.[Na+]. The van der Waals surface area contributed by atoms with Gasteiger partial charge in [0.15, 0.2) is 6.10 Å². The summed E-state index contributed by atoms with van der Waals surface area (Å²) in [4.78, 5) is 45.6. The monoisotopic (exact) mass is 757 g/mol. The zero-order valence-electron chi connectivity index (χ0n) is 32.7. The van der Waals surface area contributed by atoms with Gasteiger partial charge in [-0.15, -0.1) is 0 Å². The summed E-state index contributed by atoms with van der Waals surface area (Å²) in [5.74, 6) is -2.63. The van der Waals surface area contributed by atoms with E-state index in [1.165, 1.54) is 116 Å². The number of phosphoric acid groups is 1. The van der Waals surface area contributed by atoms with Crippen LogP contribution in [-0.2, 0) is 37.5 Å². The van der Waals surface area contributed by atoms with E-state index in [0.717, 1.165) is 38.5 Å². The molecule has 0 aliphatic heterocycles. The van der Waals surface area contributed by atoms with E-state index in [9.17, 15) is 28.9 Å². The molecule has 0 saturated heterocycles. The first-order valence-corrected chi connectivity index (χ1v) is 21.5. The molecule has 0 amide bonds. The average molecular weight is 758 g/mol. The van der Waals surface area contributed by atoms with E-state index in [4.69, 9.17) is 19.7 Å². The zero-order chi connectivity index (χ0) is 37.1. The summed E-state index contributed by atoms with van der Waals surface area (Å²) >= 11 is 0. The molecule has 0 aromatic rings.